The quantitative estimate of drug-likeness (QED) is 0.484. The van der Waals surface area contributed by atoms with Gasteiger partial charge in [0.05, 0.1) is 10.5 Å². The van der Waals surface area contributed by atoms with Crippen LogP contribution in [0.1, 0.15) is 13.8 Å². The molecule has 1 aliphatic carbocycles. The molecule has 2 unspecified atom stereocenters. The Labute approximate surface area is 77.0 Å². The van der Waals surface area contributed by atoms with Crippen molar-refractivity contribution in [2.24, 2.45) is 5.92 Å². The molecule has 72 valence electrons. The maximum atomic E-state index is 10.4. The number of hydrogen-bond acceptors (Lipinski definition) is 3. The van der Waals surface area contributed by atoms with Crippen LogP contribution in [0.25, 0.3) is 0 Å². The molecule has 0 aromatic rings. The van der Waals surface area contributed by atoms with Crippen LogP contribution in [0.15, 0.2) is 23.9 Å². The van der Waals surface area contributed by atoms with Crippen LogP contribution in [0.3, 0.4) is 0 Å². The van der Waals surface area contributed by atoms with Crippen LogP contribution in [0.4, 0.5) is 0 Å². The molecule has 0 aromatic heterocycles. The van der Waals surface area contributed by atoms with Gasteiger partial charge in [-0.3, -0.25) is 10.1 Å². The number of rotatable bonds is 2. The van der Waals surface area contributed by atoms with Crippen molar-refractivity contribution in [3.63, 3.8) is 0 Å². The Kier molecular flexibility index (Phi) is 2.52. The molecule has 4 heteroatoms. The van der Waals surface area contributed by atoms with Gasteiger partial charge in [-0.1, -0.05) is 6.92 Å². The molecule has 0 radical (unpaired) electrons. The van der Waals surface area contributed by atoms with Crippen molar-refractivity contribution < 1.29 is 9.66 Å². The Bertz CT molecular complexity index is 283. The second kappa shape index (κ2) is 3.30. The van der Waals surface area contributed by atoms with E-state index in [2.05, 4.69) is 0 Å². The highest BCUT2D eigenvalue weighted by molar-refractivity contribution is 5.24. The van der Waals surface area contributed by atoms with Crippen molar-refractivity contribution in [1.29, 1.82) is 0 Å². The zero-order valence-electron chi connectivity index (χ0n) is 7.98. The summed E-state index contributed by atoms with van der Waals surface area (Å²) in [5, 5.41) is 10.4. The lowest BCUT2D eigenvalue weighted by molar-refractivity contribution is -0.420. The Balaban J connectivity index is 2.91. The third kappa shape index (κ3) is 1.78. The van der Waals surface area contributed by atoms with Crippen LogP contribution in [-0.2, 0) is 4.74 Å². The average Bonchev–Trinajstić information content (AvgIpc) is 2.09. The topological polar surface area (TPSA) is 52.4 Å². The summed E-state index contributed by atoms with van der Waals surface area (Å²) < 4.78 is 5.26. The van der Waals surface area contributed by atoms with Gasteiger partial charge in [-0.25, -0.2) is 0 Å². The smallest absolute Gasteiger partial charge is 0.265 e. The largest absolute Gasteiger partial charge is 0.374 e. The van der Waals surface area contributed by atoms with E-state index in [1.165, 1.54) is 6.08 Å². The molecule has 0 saturated heterocycles. The summed E-state index contributed by atoms with van der Waals surface area (Å²) in [5.74, 6) is 0.0166. The van der Waals surface area contributed by atoms with Crippen LogP contribution in [-0.4, -0.2) is 17.6 Å². The van der Waals surface area contributed by atoms with Gasteiger partial charge in [0.1, 0.15) is 0 Å². The number of ether oxygens (including phenoxy) is 1. The van der Waals surface area contributed by atoms with Crippen LogP contribution in [0.5, 0.6) is 0 Å². The fourth-order valence-corrected chi connectivity index (χ4v) is 1.26. The molecule has 1 rings (SSSR count). The number of nitro groups is 1. The van der Waals surface area contributed by atoms with Gasteiger partial charge in [-0.05, 0) is 19.1 Å². The second-order valence-corrected chi connectivity index (χ2v) is 3.36. The summed E-state index contributed by atoms with van der Waals surface area (Å²) in [6.45, 7) is 3.80. The normalized spacial score (nSPS) is 32.8. The monoisotopic (exact) mass is 183 g/mol. The zero-order chi connectivity index (χ0) is 10.1. The van der Waals surface area contributed by atoms with Crippen molar-refractivity contribution in [2.75, 3.05) is 7.11 Å². The molecular weight excluding hydrogens is 170 g/mol. The van der Waals surface area contributed by atoms with Crippen molar-refractivity contribution in [3.8, 4) is 0 Å². The second-order valence-electron chi connectivity index (χ2n) is 3.36. The molecule has 4 nitrogen and oxygen atoms in total. The van der Waals surface area contributed by atoms with E-state index in [9.17, 15) is 10.1 Å². The van der Waals surface area contributed by atoms with E-state index >= 15 is 0 Å². The Morgan fingerprint density at radius 2 is 2.31 bits per heavy atom. The summed E-state index contributed by atoms with van der Waals surface area (Å²) in [4.78, 5) is 10.1. The molecule has 0 aliphatic heterocycles. The molecule has 13 heavy (non-hydrogen) atoms. The standard InChI is InChI=1S/C9H13NO3/c1-7-6-8(10(11)12)4-5-9(7,2)13-3/h4-7H,1-3H3. The Morgan fingerprint density at radius 1 is 1.69 bits per heavy atom. The molecule has 0 aromatic carbocycles. The number of nitrogens with zero attached hydrogens (tertiary/aromatic N) is 1. The summed E-state index contributed by atoms with van der Waals surface area (Å²) in [7, 11) is 1.60. The lowest BCUT2D eigenvalue weighted by Gasteiger charge is -2.30. The maximum absolute atomic E-state index is 10.4. The minimum absolute atomic E-state index is 0.0166. The van der Waals surface area contributed by atoms with Crippen LogP contribution in [0, 0.1) is 16.0 Å². The number of methoxy groups -OCH3 is 1. The first-order chi connectivity index (χ1) is 5.99. The maximum Gasteiger partial charge on any atom is 0.265 e. The van der Waals surface area contributed by atoms with E-state index in [0.717, 1.165) is 0 Å². The van der Waals surface area contributed by atoms with Gasteiger partial charge < -0.3 is 4.74 Å². The minimum atomic E-state index is -0.417. The van der Waals surface area contributed by atoms with Gasteiger partial charge in [0, 0.05) is 19.1 Å². The van der Waals surface area contributed by atoms with Crippen molar-refractivity contribution in [1.82, 2.24) is 0 Å². The Hall–Kier alpha value is -1.16. The highest BCUT2D eigenvalue weighted by Gasteiger charge is 2.32. The molecule has 0 spiro atoms. The van der Waals surface area contributed by atoms with Crippen molar-refractivity contribution in [3.05, 3.63) is 34.0 Å². The van der Waals surface area contributed by atoms with Crippen molar-refractivity contribution >= 4 is 0 Å². The molecule has 0 saturated carbocycles. The van der Waals surface area contributed by atoms with E-state index in [-0.39, 0.29) is 16.5 Å². The highest BCUT2D eigenvalue weighted by atomic mass is 16.6. The third-order valence-corrected chi connectivity index (χ3v) is 2.56. The molecule has 0 amide bonds. The fraction of sp³-hybridized carbons (Fsp3) is 0.556. The lowest BCUT2D eigenvalue weighted by Crippen LogP contribution is -2.34. The van der Waals surface area contributed by atoms with E-state index in [0.29, 0.717) is 0 Å². The summed E-state index contributed by atoms with van der Waals surface area (Å²) in [6, 6.07) is 0. The molecule has 0 fully saturated rings. The van der Waals surface area contributed by atoms with Gasteiger partial charge in [0.15, 0.2) is 0 Å². The summed E-state index contributed by atoms with van der Waals surface area (Å²) >= 11 is 0. The first kappa shape index (κ1) is 9.92. The van der Waals surface area contributed by atoms with Gasteiger partial charge in [-0.2, -0.15) is 0 Å². The van der Waals surface area contributed by atoms with E-state index < -0.39 is 5.60 Å². The SMILES string of the molecule is COC1(C)C=CC([N+](=O)[O-])=CC1C. The van der Waals surface area contributed by atoms with E-state index in [1.807, 2.05) is 13.8 Å². The molecule has 0 N–H and O–H groups in total. The lowest BCUT2D eigenvalue weighted by atomic mass is 9.86. The highest BCUT2D eigenvalue weighted by Crippen LogP contribution is 2.29. The first-order valence-corrected chi connectivity index (χ1v) is 4.10. The number of hydrogen-bond donors (Lipinski definition) is 0. The van der Waals surface area contributed by atoms with Gasteiger partial charge in [-0.15, -0.1) is 0 Å². The van der Waals surface area contributed by atoms with Gasteiger partial charge in [0.2, 0.25) is 0 Å². The average molecular weight is 183 g/mol. The van der Waals surface area contributed by atoms with Gasteiger partial charge >= 0.3 is 0 Å². The van der Waals surface area contributed by atoms with Crippen LogP contribution >= 0.6 is 0 Å². The molecular formula is C9H13NO3. The first-order valence-electron chi connectivity index (χ1n) is 4.10. The molecule has 1 aliphatic rings. The van der Waals surface area contributed by atoms with E-state index in [1.54, 1.807) is 19.3 Å². The molecule has 0 bridgehead atoms. The summed E-state index contributed by atoms with van der Waals surface area (Å²) in [5.41, 5.74) is -0.276. The minimum Gasteiger partial charge on any atom is -0.374 e. The predicted octanol–water partition coefficient (Wildman–Crippen LogP) is 1.76. The molecule has 2 atom stereocenters. The zero-order valence-corrected chi connectivity index (χ0v) is 7.98. The third-order valence-electron chi connectivity index (χ3n) is 2.56. The van der Waals surface area contributed by atoms with E-state index in [4.69, 9.17) is 4.74 Å². The Morgan fingerprint density at radius 3 is 2.69 bits per heavy atom. The van der Waals surface area contributed by atoms with Crippen LogP contribution in [0.2, 0.25) is 0 Å². The fourth-order valence-electron chi connectivity index (χ4n) is 1.26. The molecule has 0 heterocycles. The number of allylic oxidation sites excluding steroid dienone is 1. The van der Waals surface area contributed by atoms with Crippen molar-refractivity contribution in [2.45, 2.75) is 19.4 Å². The van der Waals surface area contributed by atoms with Crippen LogP contribution < -0.4 is 0 Å². The predicted molar refractivity (Wildman–Crippen MR) is 48.8 cm³/mol. The van der Waals surface area contributed by atoms with Gasteiger partial charge in [0.25, 0.3) is 5.70 Å². The summed E-state index contributed by atoms with van der Waals surface area (Å²) in [6.07, 6.45) is 4.84.